The molecule has 21 heavy (non-hydrogen) atoms. The summed E-state index contributed by atoms with van der Waals surface area (Å²) in [7, 11) is 0. The Morgan fingerprint density at radius 2 is 2.05 bits per heavy atom. The first kappa shape index (κ1) is 15.9. The van der Waals surface area contributed by atoms with Crippen LogP contribution in [0.15, 0.2) is 12.3 Å². The summed E-state index contributed by atoms with van der Waals surface area (Å²) in [5.74, 6) is -0.301. The predicted molar refractivity (Wildman–Crippen MR) is 65.3 cm³/mol. The molecule has 2 rings (SSSR count). The quantitative estimate of drug-likeness (QED) is 0.485. The van der Waals surface area contributed by atoms with Crippen LogP contribution in [-0.2, 0) is 6.18 Å². The Kier molecular flexibility index (Phi) is 4.61. The second kappa shape index (κ2) is 6.10. The monoisotopic (exact) mass is 308 g/mol. The summed E-state index contributed by atoms with van der Waals surface area (Å²) >= 11 is 0. The highest BCUT2D eigenvalue weighted by Crippen LogP contribution is 2.27. The Balaban J connectivity index is 2.08. The number of hydrogen-bond acceptors (Lipinski definition) is 7. The number of alkyl halides is 3. The van der Waals surface area contributed by atoms with E-state index in [0.717, 1.165) is 12.3 Å². The molecule has 0 amide bonds. The minimum absolute atomic E-state index is 0.128. The van der Waals surface area contributed by atoms with E-state index < -0.39 is 36.2 Å². The van der Waals surface area contributed by atoms with Crippen molar-refractivity contribution in [1.29, 1.82) is 0 Å². The molecule has 0 aliphatic carbocycles. The van der Waals surface area contributed by atoms with Crippen molar-refractivity contribution in [2.45, 2.75) is 30.5 Å². The van der Waals surface area contributed by atoms with Gasteiger partial charge in [0.2, 0.25) is 5.95 Å². The molecule has 0 aromatic carbocycles. The molecule has 118 valence electrons. The molecule has 4 atom stereocenters. The van der Waals surface area contributed by atoms with Gasteiger partial charge in [0.05, 0.1) is 24.8 Å². The minimum Gasteiger partial charge on any atom is -0.395 e. The number of rotatable bonds is 3. The van der Waals surface area contributed by atoms with Crippen LogP contribution in [0.25, 0.3) is 0 Å². The number of aliphatic hydroxyl groups is 3. The zero-order valence-electron chi connectivity index (χ0n) is 10.7. The summed E-state index contributed by atoms with van der Waals surface area (Å²) in [6, 6.07) is -0.746. The molecule has 0 saturated carbocycles. The van der Waals surface area contributed by atoms with Crippen molar-refractivity contribution in [2.24, 2.45) is 0 Å². The summed E-state index contributed by atoms with van der Waals surface area (Å²) in [6.07, 6.45) is -6.17. The van der Waals surface area contributed by atoms with E-state index in [2.05, 4.69) is 20.6 Å². The highest BCUT2D eigenvalue weighted by atomic mass is 19.4. The smallest absolute Gasteiger partial charge is 0.395 e. The van der Waals surface area contributed by atoms with Crippen LogP contribution < -0.4 is 10.6 Å². The molecule has 1 aromatic heterocycles. The Labute approximate surface area is 117 Å². The lowest BCUT2D eigenvalue weighted by molar-refractivity contribution is -0.141. The van der Waals surface area contributed by atoms with Gasteiger partial charge in [-0.05, 0) is 6.07 Å². The number of piperidine rings is 1. The van der Waals surface area contributed by atoms with Crippen molar-refractivity contribution < 1.29 is 28.5 Å². The van der Waals surface area contributed by atoms with Crippen molar-refractivity contribution >= 4 is 5.95 Å². The molecule has 1 aliphatic heterocycles. The van der Waals surface area contributed by atoms with Crippen molar-refractivity contribution in [3.8, 4) is 0 Å². The third kappa shape index (κ3) is 3.59. The number of hydrogen-bond donors (Lipinski definition) is 5. The fourth-order valence-electron chi connectivity index (χ4n) is 2.06. The van der Waals surface area contributed by atoms with Crippen LogP contribution >= 0.6 is 0 Å². The van der Waals surface area contributed by atoms with Crippen molar-refractivity contribution in [1.82, 2.24) is 15.3 Å². The number of nitrogens with one attached hydrogen (secondary N) is 2. The molecular weight excluding hydrogens is 293 g/mol. The van der Waals surface area contributed by atoms with E-state index in [1.807, 2.05) is 0 Å². The maximum absolute atomic E-state index is 12.5. The third-order valence-corrected chi connectivity index (χ3v) is 3.23. The number of anilines is 1. The molecule has 2 heterocycles. The standard InChI is InChI=1S/C11H15F3N4O3/c12-11(13,14)7-1-2-15-10(18-7)17-5-3-16-6(4-19)9(21)8(5)20/h1-2,5-6,8-9,16,19-21H,3-4H2,(H,15,17,18)/t5-,6+,8+,9-/m0/s1. The average Bonchev–Trinajstić information content (AvgIpc) is 2.44. The van der Waals surface area contributed by atoms with Crippen LogP contribution in [-0.4, -0.2) is 62.7 Å². The Morgan fingerprint density at radius 3 is 2.67 bits per heavy atom. The Bertz CT molecular complexity index is 488. The molecule has 0 bridgehead atoms. The third-order valence-electron chi connectivity index (χ3n) is 3.23. The van der Waals surface area contributed by atoms with E-state index in [4.69, 9.17) is 5.11 Å². The molecule has 5 N–H and O–H groups in total. The van der Waals surface area contributed by atoms with Gasteiger partial charge in [0.15, 0.2) is 0 Å². The lowest BCUT2D eigenvalue weighted by Crippen LogP contribution is -2.63. The topological polar surface area (TPSA) is 111 Å². The van der Waals surface area contributed by atoms with Crippen LogP contribution in [0.2, 0.25) is 0 Å². The highest BCUT2D eigenvalue weighted by Gasteiger charge is 2.38. The van der Waals surface area contributed by atoms with Crippen molar-refractivity contribution in [3.05, 3.63) is 18.0 Å². The van der Waals surface area contributed by atoms with Gasteiger partial charge < -0.3 is 26.0 Å². The number of aromatic nitrogens is 2. The average molecular weight is 308 g/mol. The number of nitrogens with zero attached hydrogens (tertiary/aromatic N) is 2. The second-order valence-electron chi connectivity index (χ2n) is 4.69. The van der Waals surface area contributed by atoms with Gasteiger partial charge in [0.1, 0.15) is 11.8 Å². The van der Waals surface area contributed by atoms with E-state index >= 15 is 0 Å². The minimum atomic E-state index is -4.59. The first-order valence-electron chi connectivity index (χ1n) is 6.20. The second-order valence-corrected chi connectivity index (χ2v) is 4.69. The molecular formula is C11H15F3N4O3. The number of halogens is 3. The van der Waals surface area contributed by atoms with E-state index in [0.29, 0.717) is 0 Å². The first-order valence-corrected chi connectivity index (χ1v) is 6.20. The molecule has 1 fully saturated rings. The molecule has 7 nitrogen and oxygen atoms in total. The summed E-state index contributed by atoms with van der Waals surface area (Å²) in [6.45, 7) is -0.242. The van der Waals surface area contributed by atoms with Crippen LogP contribution in [0.4, 0.5) is 19.1 Å². The molecule has 1 saturated heterocycles. The van der Waals surface area contributed by atoms with Gasteiger partial charge in [0.25, 0.3) is 0 Å². The van der Waals surface area contributed by atoms with Gasteiger partial charge >= 0.3 is 6.18 Å². The number of aliphatic hydroxyl groups excluding tert-OH is 3. The Hall–Kier alpha value is -1.49. The molecule has 1 aliphatic rings. The zero-order chi connectivity index (χ0) is 15.6. The maximum atomic E-state index is 12.5. The molecule has 10 heteroatoms. The fourth-order valence-corrected chi connectivity index (χ4v) is 2.06. The SMILES string of the molecule is OC[C@H]1NC[C@H](Nc2nccc(C(F)(F)F)n2)[C@@H](O)[C@H]1O. The fraction of sp³-hybridized carbons (Fsp3) is 0.636. The normalized spacial score (nSPS) is 30.2. The zero-order valence-corrected chi connectivity index (χ0v) is 10.7. The van der Waals surface area contributed by atoms with Crippen LogP contribution in [0, 0.1) is 0 Å². The lowest BCUT2D eigenvalue weighted by Gasteiger charge is -2.37. The first-order chi connectivity index (χ1) is 9.82. The van der Waals surface area contributed by atoms with Crippen molar-refractivity contribution in [3.63, 3.8) is 0 Å². The van der Waals surface area contributed by atoms with E-state index in [9.17, 15) is 23.4 Å². The van der Waals surface area contributed by atoms with E-state index in [1.165, 1.54) is 0 Å². The molecule has 1 aromatic rings. The molecule has 0 spiro atoms. The largest absolute Gasteiger partial charge is 0.433 e. The van der Waals surface area contributed by atoms with E-state index in [-0.39, 0.29) is 19.1 Å². The predicted octanol–water partition coefficient (Wildman–Crippen LogP) is -1.04. The van der Waals surface area contributed by atoms with E-state index in [1.54, 1.807) is 0 Å². The molecule has 0 radical (unpaired) electrons. The van der Waals surface area contributed by atoms with Gasteiger partial charge in [-0.25, -0.2) is 9.97 Å². The lowest BCUT2D eigenvalue weighted by atomic mass is 9.95. The van der Waals surface area contributed by atoms with Gasteiger partial charge in [-0.15, -0.1) is 0 Å². The maximum Gasteiger partial charge on any atom is 0.433 e. The molecule has 0 unspecified atom stereocenters. The highest BCUT2D eigenvalue weighted by molar-refractivity contribution is 5.29. The summed E-state index contributed by atoms with van der Waals surface area (Å²) in [5, 5.41) is 33.9. The summed E-state index contributed by atoms with van der Waals surface area (Å²) in [5.41, 5.74) is -1.10. The van der Waals surface area contributed by atoms with Gasteiger partial charge in [-0.3, -0.25) is 0 Å². The van der Waals surface area contributed by atoms with Crippen LogP contribution in [0.1, 0.15) is 5.69 Å². The Morgan fingerprint density at radius 1 is 1.33 bits per heavy atom. The summed E-state index contributed by atoms with van der Waals surface area (Å²) < 4.78 is 37.6. The van der Waals surface area contributed by atoms with Crippen molar-refractivity contribution in [2.75, 3.05) is 18.5 Å². The van der Waals surface area contributed by atoms with Gasteiger partial charge in [0, 0.05) is 12.7 Å². The summed E-state index contributed by atoms with van der Waals surface area (Å²) in [4.78, 5) is 6.97. The van der Waals surface area contributed by atoms with Crippen LogP contribution in [0.3, 0.4) is 0 Å². The van der Waals surface area contributed by atoms with Crippen LogP contribution in [0.5, 0.6) is 0 Å². The van der Waals surface area contributed by atoms with Gasteiger partial charge in [-0.1, -0.05) is 0 Å². The van der Waals surface area contributed by atoms with Gasteiger partial charge in [-0.2, -0.15) is 13.2 Å².